The molecule has 2 heterocycles. The Morgan fingerprint density at radius 2 is 1.90 bits per heavy atom. The fourth-order valence-electron chi connectivity index (χ4n) is 2.86. The fourth-order valence-corrected chi connectivity index (χ4v) is 2.86. The molecule has 0 radical (unpaired) electrons. The molecule has 0 spiro atoms. The average Bonchev–Trinajstić information content (AvgIpc) is 2.55. The smallest absolute Gasteiger partial charge is 0.187 e. The Morgan fingerprint density at radius 1 is 1.00 bits per heavy atom. The summed E-state index contributed by atoms with van der Waals surface area (Å²) in [5.74, 6) is 1.36. The molecular weight excluding hydrogens is 260 g/mol. The number of allylic oxidation sites excluding steroid dienone is 1. The van der Waals surface area contributed by atoms with E-state index in [1.807, 2.05) is 30.5 Å². The lowest BCUT2D eigenvalue weighted by Gasteiger charge is -2.24. The van der Waals surface area contributed by atoms with Crippen molar-refractivity contribution < 1.29 is 4.74 Å². The minimum Gasteiger partial charge on any atom is -0.441 e. The molecule has 0 saturated carbocycles. The van der Waals surface area contributed by atoms with Gasteiger partial charge >= 0.3 is 0 Å². The van der Waals surface area contributed by atoms with Crippen molar-refractivity contribution in [3.63, 3.8) is 0 Å². The van der Waals surface area contributed by atoms with Gasteiger partial charge in [-0.25, -0.2) is 0 Å². The summed E-state index contributed by atoms with van der Waals surface area (Å²) in [5, 5.41) is 2.23. The molecule has 2 aromatic carbocycles. The number of aromatic nitrogens is 1. The fraction of sp³-hybridized carbons (Fsp3) is 0.0556. The largest absolute Gasteiger partial charge is 0.441 e. The van der Waals surface area contributed by atoms with Crippen molar-refractivity contribution in [2.24, 2.45) is 5.73 Å². The Balaban J connectivity index is 1.97. The number of ether oxygens (including phenoxy) is 1. The van der Waals surface area contributed by atoms with Crippen LogP contribution in [0.25, 0.3) is 10.8 Å². The predicted octanol–water partition coefficient (Wildman–Crippen LogP) is 3.56. The van der Waals surface area contributed by atoms with Crippen LogP contribution in [0.3, 0.4) is 0 Å². The van der Waals surface area contributed by atoms with Crippen LogP contribution in [0, 0.1) is 0 Å². The first kappa shape index (κ1) is 12.0. The van der Waals surface area contributed by atoms with Crippen LogP contribution in [0.4, 0.5) is 0 Å². The molecule has 0 amide bonds. The summed E-state index contributed by atoms with van der Waals surface area (Å²) < 4.78 is 5.82. The summed E-state index contributed by atoms with van der Waals surface area (Å²) in [6.07, 6.45) is 5.59. The van der Waals surface area contributed by atoms with Crippen LogP contribution < -0.4 is 10.5 Å². The van der Waals surface area contributed by atoms with Gasteiger partial charge in [-0.1, -0.05) is 42.5 Å². The number of pyridine rings is 1. The van der Waals surface area contributed by atoms with Gasteiger partial charge in [0.1, 0.15) is 5.75 Å². The van der Waals surface area contributed by atoms with E-state index in [0.29, 0.717) is 5.88 Å². The lowest BCUT2D eigenvalue weighted by atomic mass is 9.88. The van der Waals surface area contributed by atoms with Gasteiger partial charge in [0.25, 0.3) is 0 Å². The normalized spacial score (nSPS) is 17.0. The maximum absolute atomic E-state index is 5.99. The molecule has 3 nitrogen and oxygen atoms in total. The Bertz CT molecular complexity index is 840. The van der Waals surface area contributed by atoms with Gasteiger partial charge in [0.05, 0.1) is 0 Å². The van der Waals surface area contributed by atoms with Gasteiger partial charge < -0.3 is 10.5 Å². The van der Waals surface area contributed by atoms with E-state index in [4.69, 9.17) is 10.5 Å². The second-order valence-electron chi connectivity index (χ2n) is 5.14. The highest BCUT2D eigenvalue weighted by molar-refractivity contribution is 5.90. The summed E-state index contributed by atoms with van der Waals surface area (Å²) in [7, 11) is 0. The molecule has 0 bridgehead atoms. The van der Waals surface area contributed by atoms with Crippen LogP contribution in [-0.2, 0) is 0 Å². The van der Waals surface area contributed by atoms with Crippen molar-refractivity contribution in [2.45, 2.75) is 5.92 Å². The molecular formula is C18H14N2O. The van der Waals surface area contributed by atoms with Crippen molar-refractivity contribution in [1.29, 1.82) is 0 Å². The number of rotatable bonds is 1. The molecule has 1 aromatic heterocycles. The van der Waals surface area contributed by atoms with Crippen LogP contribution in [0.5, 0.6) is 5.75 Å². The Kier molecular flexibility index (Phi) is 2.64. The first-order chi connectivity index (χ1) is 10.3. The van der Waals surface area contributed by atoms with Gasteiger partial charge in [0.15, 0.2) is 5.88 Å². The van der Waals surface area contributed by atoms with Gasteiger partial charge in [-0.05, 0) is 23.1 Å². The van der Waals surface area contributed by atoms with Crippen molar-refractivity contribution in [2.75, 3.05) is 0 Å². The van der Waals surface area contributed by atoms with Crippen LogP contribution in [0.2, 0.25) is 0 Å². The Hall–Kier alpha value is -2.81. The van der Waals surface area contributed by atoms with Crippen LogP contribution in [0.15, 0.2) is 72.9 Å². The molecule has 2 N–H and O–H groups in total. The zero-order chi connectivity index (χ0) is 14.2. The number of hydrogen-bond donors (Lipinski definition) is 1. The minimum absolute atomic E-state index is 0.0760. The van der Waals surface area contributed by atoms with Crippen LogP contribution in [-0.4, -0.2) is 4.98 Å². The second-order valence-corrected chi connectivity index (χ2v) is 5.14. The lowest BCUT2D eigenvalue weighted by Crippen LogP contribution is -2.16. The molecule has 21 heavy (non-hydrogen) atoms. The van der Waals surface area contributed by atoms with Crippen LogP contribution >= 0.6 is 0 Å². The maximum atomic E-state index is 5.99. The quantitative estimate of drug-likeness (QED) is 0.738. The summed E-state index contributed by atoms with van der Waals surface area (Å²) in [6, 6.07) is 16.4. The minimum atomic E-state index is 0.0760. The molecule has 0 aliphatic carbocycles. The van der Waals surface area contributed by atoms with E-state index in [1.54, 1.807) is 6.20 Å². The van der Waals surface area contributed by atoms with Crippen molar-refractivity contribution in [3.05, 3.63) is 84.0 Å². The number of nitrogens with zero attached hydrogens (tertiary/aromatic N) is 1. The van der Waals surface area contributed by atoms with E-state index < -0.39 is 0 Å². The number of fused-ring (bicyclic) bond motifs is 3. The molecule has 4 rings (SSSR count). The molecule has 3 heteroatoms. The zero-order valence-corrected chi connectivity index (χ0v) is 11.4. The van der Waals surface area contributed by atoms with E-state index in [2.05, 4.69) is 35.3 Å². The van der Waals surface area contributed by atoms with E-state index in [9.17, 15) is 0 Å². The predicted molar refractivity (Wildman–Crippen MR) is 82.9 cm³/mol. The first-order valence-electron chi connectivity index (χ1n) is 6.89. The van der Waals surface area contributed by atoms with E-state index in [1.165, 1.54) is 0 Å². The Labute approximate surface area is 122 Å². The van der Waals surface area contributed by atoms with Gasteiger partial charge in [-0.2, -0.15) is 0 Å². The SMILES string of the molecule is NC1=CC(c2cccnc2)c2ccc3ccccc3c2O1. The van der Waals surface area contributed by atoms with E-state index in [0.717, 1.165) is 27.6 Å². The second kappa shape index (κ2) is 4.63. The van der Waals surface area contributed by atoms with Gasteiger partial charge in [0.2, 0.25) is 0 Å². The number of benzene rings is 2. The highest BCUT2D eigenvalue weighted by Gasteiger charge is 2.24. The monoisotopic (exact) mass is 274 g/mol. The highest BCUT2D eigenvalue weighted by Crippen LogP contribution is 2.41. The summed E-state index contributed by atoms with van der Waals surface area (Å²) in [4.78, 5) is 4.21. The first-order valence-corrected chi connectivity index (χ1v) is 6.89. The van der Waals surface area contributed by atoms with E-state index >= 15 is 0 Å². The van der Waals surface area contributed by atoms with Crippen LogP contribution in [0.1, 0.15) is 17.0 Å². The van der Waals surface area contributed by atoms with Gasteiger partial charge in [-0.3, -0.25) is 4.98 Å². The standard InChI is InChI=1S/C18H14N2O/c19-17-10-16(13-5-3-9-20-11-13)15-8-7-12-4-1-2-6-14(12)18(15)21-17/h1-11,16H,19H2. The van der Waals surface area contributed by atoms with Gasteiger partial charge in [-0.15, -0.1) is 0 Å². The highest BCUT2D eigenvalue weighted by atomic mass is 16.5. The van der Waals surface area contributed by atoms with E-state index in [-0.39, 0.29) is 5.92 Å². The van der Waals surface area contributed by atoms with Crippen molar-refractivity contribution in [3.8, 4) is 5.75 Å². The average molecular weight is 274 g/mol. The molecule has 0 fully saturated rings. The third kappa shape index (κ3) is 1.94. The van der Waals surface area contributed by atoms with Crippen molar-refractivity contribution >= 4 is 10.8 Å². The van der Waals surface area contributed by atoms with Gasteiger partial charge in [0, 0.05) is 29.3 Å². The summed E-state index contributed by atoms with van der Waals surface area (Å²) >= 11 is 0. The third-order valence-corrected chi connectivity index (χ3v) is 3.84. The summed E-state index contributed by atoms with van der Waals surface area (Å²) in [5.41, 5.74) is 8.22. The molecule has 102 valence electrons. The zero-order valence-electron chi connectivity index (χ0n) is 11.4. The molecule has 1 atom stereocenters. The van der Waals surface area contributed by atoms with Crippen molar-refractivity contribution in [1.82, 2.24) is 4.98 Å². The molecule has 1 aliphatic heterocycles. The third-order valence-electron chi connectivity index (χ3n) is 3.84. The Morgan fingerprint density at radius 3 is 2.76 bits per heavy atom. The molecule has 3 aromatic rings. The maximum Gasteiger partial charge on any atom is 0.187 e. The molecule has 1 aliphatic rings. The topological polar surface area (TPSA) is 48.1 Å². The summed E-state index contributed by atoms with van der Waals surface area (Å²) in [6.45, 7) is 0. The lowest BCUT2D eigenvalue weighted by molar-refractivity contribution is 0.404. The number of hydrogen-bond acceptors (Lipinski definition) is 3. The number of nitrogens with two attached hydrogens (primary N) is 1. The molecule has 0 saturated heterocycles. The molecule has 1 unspecified atom stereocenters.